The van der Waals surface area contributed by atoms with Crippen LogP contribution in [-0.2, 0) is 17.6 Å². The lowest BCUT2D eigenvalue weighted by Crippen LogP contribution is -2.16. The van der Waals surface area contributed by atoms with Crippen LogP contribution in [0.1, 0.15) is 23.2 Å². The van der Waals surface area contributed by atoms with Crippen molar-refractivity contribution in [2.45, 2.75) is 24.3 Å². The largest absolute Gasteiger partial charge is 0.409 e. The Morgan fingerprint density at radius 1 is 1.61 bits per heavy atom. The van der Waals surface area contributed by atoms with Gasteiger partial charge in [-0.3, -0.25) is 0 Å². The van der Waals surface area contributed by atoms with Gasteiger partial charge in [0.15, 0.2) is 5.84 Å². The Kier molecular flexibility index (Phi) is 4.43. The molecule has 2 rings (SSSR count). The van der Waals surface area contributed by atoms with Gasteiger partial charge in [-0.15, -0.1) is 11.8 Å². The molecule has 6 heteroatoms. The summed E-state index contributed by atoms with van der Waals surface area (Å²) in [5.41, 5.74) is 8.79. The molecule has 0 aromatic carbocycles. The molecule has 0 saturated carbocycles. The summed E-state index contributed by atoms with van der Waals surface area (Å²) in [5, 5.41) is 12.7. The smallest absolute Gasteiger partial charge is 0.172 e. The van der Waals surface area contributed by atoms with Crippen molar-refractivity contribution in [1.82, 2.24) is 4.98 Å². The molecule has 5 nitrogen and oxygen atoms in total. The summed E-state index contributed by atoms with van der Waals surface area (Å²) in [5.74, 6) is 0.922. The number of aromatic nitrogens is 1. The highest BCUT2D eigenvalue weighted by atomic mass is 32.2. The number of amidine groups is 1. The monoisotopic (exact) mass is 267 g/mol. The summed E-state index contributed by atoms with van der Waals surface area (Å²) < 4.78 is 5.02. The first-order valence-electron chi connectivity index (χ1n) is 5.88. The van der Waals surface area contributed by atoms with Crippen LogP contribution < -0.4 is 5.73 Å². The number of hydrogen-bond acceptors (Lipinski definition) is 5. The number of thioether (sulfide) groups is 1. The lowest BCUT2D eigenvalue weighted by molar-refractivity contribution is 0.218. The zero-order valence-electron chi connectivity index (χ0n) is 10.3. The van der Waals surface area contributed by atoms with Crippen LogP contribution in [0, 0.1) is 0 Å². The molecule has 1 aliphatic rings. The van der Waals surface area contributed by atoms with Crippen LogP contribution in [0.25, 0.3) is 0 Å². The molecule has 0 bridgehead atoms. The highest BCUT2D eigenvalue weighted by molar-refractivity contribution is 7.99. The Morgan fingerprint density at radius 3 is 3.17 bits per heavy atom. The van der Waals surface area contributed by atoms with Crippen molar-refractivity contribution in [3.05, 3.63) is 22.9 Å². The van der Waals surface area contributed by atoms with E-state index in [4.69, 9.17) is 15.7 Å². The number of nitrogens with zero attached hydrogens (tertiary/aromatic N) is 2. The van der Waals surface area contributed by atoms with Crippen LogP contribution in [-0.4, -0.2) is 35.5 Å². The van der Waals surface area contributed by atoms with Crippen molar-refractivity contribution < 1.29 is 9.94 Å². The number of fused-ring (bicyclic) bond motifs is 1. The maximum absolute atomic E-state index is 8.83. The SMILES string of the molecule is COCCSc1nc2c(cc1C(N)=NO)CCC2. The first kappa shape index (κ1) is 13.2. The Labute approximate surface area is 110 Å². The van der Waals surface area contributed by atoms with Crippen molar-refractivity contribution in [1.29, 1.82) is 0 Å². The first-order chi connectivity index (χ1) is 8.76. The van der Waals surface area contributed by atoms with Gasteiger partial charge in [-0.1, -0.05) is 5.16 Å². The van der Waals surface area contributed by atoms with Crippen molar-refractivity contribution in [2.24, 2.45) is 10.9 Å². The lowest BCUT2D eigenvalue weighted by Gasteiger charge is -2.10. The van der Waals surface area contributed by atoms with Gasteiger partial charge in [0.05, 0.1) is 12.2 Å². The fourth-order valence-corrected chi connectivity index (χ4v) is 2.96. The van der Waals surface area contributed by atoms with Gasteiger partial charge in [-0.2, -0.15) is 0 Å². The second-order valence-electron chi connectivity index (χ2n) is 4.13. The van der Waals surface area contributed by atoms with E-state index >= 15 is 0 Å². The Hall–Kier alpha value is -1.27. The highest BCUT2D eigenvalue weighted by Gasteiger charge is 2.18. The highest BCUT2D eigenvalue weighted by Crippen LogP contribution is 2.28. The summed E-state index contributed by atoms with van der Waals surface area (Å²) in [7, 11) is 1.67. The molecule has 0 saturated heterocycles. The topological polar surface area (TPSA) is 80.7 Å². The quantitative estimate of drug-likeness (QED) is 0.210. The van der Waals surface area contributed by atoms with E-state index in [1.54, 1.807) is 18.9 Å². The molecule has 3 N–H and O–H groups in total. The molecule has 1 aromatic heterocycles. The van der Waals surface area contributed by atoms with E-state index in [0.29, 0.717) is 6.61 Å². The molecule has 1 aliphatic carbocycles. The number of aryl methyl sites for hydroxylation is 2. The molecule has 1 aromatic rings. The Balaban J connectivity index is 2.29. The summed E-state index contributed by atoms with van der Waals surface area (Å²) in [6.45, 7) is 0.652. The van der Waals surface area contributed by atoms with E-state index in [1.165, 1.54) is 5.56 Å². The van der Waals surface area contributed by atoms with Crippen molar-refractivity contribution >= 4 is 17.6 Å². The molecule has 0 unspecified atom stereocenters. The maximum Gasteiger partial charge on any atom is 0.172 e. The zero-order valence-corrected chi connectivity index (χ0v) is 11.2. The number of ether oxygens (including phenoxy) is 1. The van der Waals surface area contributed by atoms with E-state index < -0.39 is 0 Å². The van der Waals surface area contributed by atoms with E-state index in [1.807, 2.05) is 6.07 Å². The number of oxime groups is 1. The van der Waals surface area contributed by atoms with Gasteiger partial charge in [-0.25, -0.2) is 4.98 Å². The average Bonchev–Trinajstić information content (AvgIpc) is 2.84. The minimum atomic E-state index is 0.122. The van der Waals surface area contributed by atoms with Crippen molar-refractivity contribution in [2.75, 3.05) is 19.5 Å². The fourth-order valence-electron chi connectivity index (χ4n) is 2.02. The number of pyridine rings is 1. The summed E-state index contributed by atoms with van der Waals surface area (Å²) >= 11 is 1.57. The van der Waals surface area contributed by atoms with E-state index in [0.717, 1.165) is 41.3 Å². The third-order valence-corrected chi connectivity index (χ3v) is 3.88. The second kappa shape index (κ2) is 6.06. The first-order valence-corrected chi connectivity index (χ1v) is 6.87. The molecule has 18 heavy (non-hydrogen) atoms. The summed E-state index contributed by atoms with van der Waals surface area (Å²) in [6.07, 6.45) is 3.17. The van der Waals surface area contributed by atoms with Crippen molar-refractivity contribution in [3.63, 3.8) is 0 Å². The van der Waals surface area contributed by atoms with Gasteiger partial charge in [-0.05, 0) is 30.9 Å². The normalized spacial score (nSPS) is 14.8. The third kappa shape index (κ3) is 2.76. The minimum Gasteiger partial charge on any atom is -0.409 e. The lowest BCUT2D eigenvalue weighted by atomic mass is 10.1. The van der Waals surface area contributed by atoms with Crippen LogP contribution in [0.4, 0.5) is 0 Å². The zero-order chi connectivity index (χ0) is 13.0. The number of nitrogens with two attached hydrogens (primary N) is 1. The molecule has 98 valence electrons. The molecule has 0 fully saturated rings. The van der Waals surface area contributed by atoms with Gasteiger partial charge in [0.25, 0.3) is 0 Å². The van der Waals surface area contributed by atoms with Crippen LogP contribution in [0.3, 0.4) is 0 Å². The van der Waals surface area contributed by atoms with E-state index in [2.05, 4.69) is 10.1 Å². The Morgan fingerprint density at radius 2 is 2.44 bits per heavy atom. The molecule has 0 aliphatic heterocycles. The maximum atomic E-state index is 8.83. The van der Waals surface area contributed by atoms with Gasteiger partial charge < -0.3 is 15.7 Å². The van der Waals surface area contributed by atoms with Gasteiger partial charge in [0.2, 0.25) is 0 Å². The molecule has 0 radical (unpaired) electrons. The second-order valence-corrected chi connectivity index (χ2v) is 5.21. The molecule has 1 heterocycles. The minimum absolute atomic E-state index is 0.122. The molecule has 0 atom stereocenters. The van der Waals surface area contributed by atoms with E-state index in [-0.39, 0.29) is 5.84 Å². The van der Waals surface area contributed by atoms with Crippen LogP contribution in [0.2, 0.25) is 0 Å². The van der Waals surface area contributed by atoms with E-state index in [9.17, 15) is 0 Å². The summed E-state index contributed by atoms with van der Waals surface area (Å²) in [6, 6.07) is 2.00. The standard InChI is InChI=1S/C12H17N3O2S/c1-17-5-6-18-12-9(11(13)15-16)7-8-3-2-4-10(8)14-12/h7,16H,2-6H2,1H3,(H2,13,15). The number of hydrogen-bond donors (Lipinski definition) is 2. The number of rotatable bonds is 5. The van der Waals surface area contributed by atoms with Crippen molar-refractivity contribution in [3.8, 4) is 0 Å². The molecular weight excluding hydrogens is 250 g/mol. The molecule has 0 amide bonds. The van der Waals surface area contributed by atoms with Gasteiger partial charge in [0, 0.05) is 18.6 Å². The average molecular weight is 267 g/mol. The predicted molar refractivity (Wildman–Crippen MR) is 71.4 cm³/mol. The predicted octanol–water partition coefficient (Wildman–Crippen LogP) is 1.40. The van der Waals surface area contributed by atoms with Crippen LogP contribution >= 0.6 is 11.8 Å². The van der Waals surface area contributed by atoms with Crippen LogP contribution in [0.15, 0.2) is 16.2 Å². The Bertz CT molecular complexity index is 463. The van der Waals surface area contributed by atoms with Gasteiger partial charge >= 0.3 is 0 Å². The van der Waals surface area contributed by atoms with Crippen LogP contribution in [0.5, 0.6) is 0 Å². The third-order valence-electron chi connectivity index (χ3n) is 2.93. The molecular formula is C12H17N3O2S. The number of methoxy groups -OCH3 is 1. The fraction of sp³-hybridized carbons (Fsp3) is 0.500. The molecule has 0 spiro atoms. The van der Waals surface area contributed by atoms with Gasteiger partial charge in [0.1, 0.15) is 5.03 Å². The summed E-state index contributed by atoms with van der Waals surface area (Å²) in [4.78, 5) is 4.63.